The Morgan fingerprint density at radius 3 is 2.89 bits per heavy atom. The van der Waals surface area contributed by atoms with E-state index in [0.29, 0.717) is 12.1 Å². The molecule has 0 saturated carbocycles. The summed E-state index contributed by atoms with van der Waals surface area (Å²) in [4.78, 5) is 16.8. The molecular weight excluding hydrogens is 237 g/mol. The number of carbonyl (C=O) groups excluding carboxylic acids is 1. The molecule has 5 nitrogen and oxygen atoms in total. The van der Waals surface area contributed by atoms with Gasteiger partial charge < -0.3 is 15.7 Å². The van der Waals surface area contributed by atoms with Gasteiger partial charge in [-0.3, -0.25) is 0 Å². The molecule has 0 aromatic heterocycles. The van der Waals surface area contributed by atoms with Crippen molar-refractivity contribution >= 4 is 11.9 Å². The Morgan fingerprint density at radius 1 is 1.56 bits per heavy atom. The topological polar surface area (TPSA) is 78.9 Å². The molecule has 0 aliphatic carbocycles. The fourth-order valence-corrected chi connectivity index (χ4v) is 2.02. The number of hydrogen-bond donors (Lipinski definition) is 2. The summed E-state index contributed by atoms with van der Waals surface area (Å²) in [5, 5.41) is 9.16. The molecule has 1 heterocycles. The predicted molar refractivity (Wildman–Crippen MR) is 64.8 cm³/mol. The summed E-state index contributed by atoms with van der Waals surface area (Å²) >= 11 is 0. The third-order valence-corrected chi connectivity index (χ3v) is 2.81. The summed E-state index contributed by atoms with van der Waals surface area (Å²) in [6, 6.07) is 2.99. The number of carbonyl (C=O) groups is 1. The van der Waals surface area contributed by atoms with Crippen LogP contribution >= 0.6 is 0 Å². The van der Waals surface area contributed by atoms with Crippen LogP contribution in [0, 0.1) is 5.82 Å². The van der Waals surface area contributed by atoms with Crippen LogP contribution in [0.5, 0.6) is 5.75 Å². The Labute approximate surface area is 104 Å². The van der Waals surface area contributed by atoms with Crippen molar-refractivity contribution in [3.8, 4) is 5.75 Å². The lowest BCUT2D eigenvalue weighted by Crippen LogP contribution is -2.33. The number of amidine groups is 1. The number of nitrogens with two attached hydrogens (primary N) is 1. The van der Waals surface area contributed by atoms with Gasteiger partial charge in [0.25, 0.3) is 0 Å². The molecule has 6 heteroatoms. The van der Waals surface area contributed by atoms with E-state index in [-0.39, 0.29) is 5.84 Å². The lowest BCUT2D eigenvalue weighted by molar-refractivity contribution is 0.206. The zero-order valence-electron chi connectivity index (χ0n) is 9.93. The minimum Gasteiger partial charge on any atom is -0.505 e. The fourth-order valence-electron chi connectivity index (χ4n) is 2.02. The smallest absolute Gasteiger partial charge is 0.346 e. The third kappa shape index (κ3) is 2.01. The first-order chi connectivity index (χ1) is 8.54. The zero-order valence-corrected chi connectivity index (χ0v) is 9.93. The highest BCUT2D eigenvalue weighted by molar-refractivity contribution is 6.03. The molecule has 0 saturated heterocycles. The van der Waals surface area contributed by atoms with E-state index in [2.05, 4.69) is 4.99 Å². The van der Waals surface area contributed by atoms with Crippen LogP contribution in [0.1, 0.15) is 24.9 Å². The van der Waals surface area contributed by atoms with Crippen LogP contribution in [0.4, 0.5) is 9.18 Å². The average Bonchev–Trinajstić information content (AvgIpc) is 2.59. The minimum atomic E-state index is -0.740. The number of phenols is 1. The van der Waals surface area contributed by atoms with Gasteiger partial charge in [-0.15, -0.1) is 0 Å². The van der Waals surface area contributed by atoms with Gasteiger partial charge in [0.15, 0.2) is 11.6 Å². The van der Waals surface area contributed by atoms with Crippen molar-refractivity contribution in [3.63, 3.8) is 0 Å². The number of aliphatic imine (C=N–C) groups is 1. The van der Waals surface area contributed by atoms with E-state index in [1.807, 2.05) is 6.92 Å². The number of aromatic hydroxyl groups is 1. The second-order valence-corrected chi connectivity index (χ2v) is 4.13. The lowest BCUT2D eigenvalue weighted by Gasteiger charge is -2.24. The van der Waals surface area contributed by atoms with E-state index >= 15 is 0 Å². The Balaban J connectivity index is 2.37. The first-order valence-corrected chi connectivity index (χ1v) is 5.67. The maximum absolute atomic E-state index is 13.3. The molecule has 3 N–H and O–H groups in total. The number of nitrogens with zero attached hydrogens (tertiary/aromatic N) is 2. The van der Waals surface area contributed by atoms with Crippen molar-refractivity contribution in [2.45, 2.75) is 19.4 Å². The van der Waals surface area contributed by atoms with Crippen LogP contribution < -0.4 is 5.73 Å². The highest BCUT2D eigenvalue weighted by Gasteiger charge is 2.34. The molecule has 1 unspecified atom stereocenters. The molecule has 0 radical (unpaired) electrons. The number of phenolic OH excluding ortho intramolecular Hbond substituents is 1. The summed E-state index contributed by atoms with van der Waals surface area (Å²) in [7, 11) is 0. The van der Waals surface area contributed by atoms with E-state index in [0.717, 1.165) is 6.42 Å². The summed E-state index contributed by atoms with van der Waals surface area (Å²) in [6.45, 7) is 2.42. The Morgan fingerprint density at radius 2 is 2.28 bits per heavy atom. The summed E-state index contributed by atoms with van der Waals surface area (Å²) in [5.41, 5.74) is 6.22. The van der Waals surface area contributed by atoms with Crippen molar-refractivity contribution in [3.05, 3.63) is 29.6 Å². The molecule has 2 amide bonds. The van der Waals surface area contributed by atoms with Crippen LogP contribution in [0.2, 0.25) is 0 Å². The molecule has 1 aliphatic heterocycles. The minimum absolute atomic E-state index is 0.151. The zero-order chi connectivity index (χ0) is 13.3. The van der Waals surface area contributed by atoms with Gasteiger partial charge in [0, 0.05) is 6.54 Å². The molecule has 0 spiro atoms. The summed E-state index contributed by atoms with van der Waals surface area (Å²) in [6.07, 6.45) is 0.756. The van der Waals surface area contributed by atoms with Crippen LogP contribution in [0.3, 0.4) is 0 Å². The first-order valence-electron chi connectivity index (χ1n) is 5.67. The third-order valence-electron chi connectivity index (χ3n) is 2.81. The second kappa shape index (κ2) is 4.64. The molecule has 1 atom stereocenters. The van der Waals surface area contributed by atoms with Gasteiger partial charge in [0.05, 0.1) is 0 Å². The number of benzene rings is 1. The van der Waals surface area contributed by atoms with Gasteiger partial charge in [-0.25, -0.2) is 9.18 Å². The lowest BCUT2D eigenvalue weighted by atomic mass is 10.0. The average molecular weight is 251 g/mol. The van der Waals surface area contributed by atoms with Crippen LogP contribution in [0.25, 0.3) is 0 Å². The van der Waals surface area contributed by atoms with Gasteiger partial charge in [-0.2, -0.15) is 4.99 Å². The van der Waals surface area contributed by atoms with Crippen molar-refractivity contribution in [1.82, 2.24) is 4.90 Å². The quantitative estimate of drug-likeness (QED) is 0.859. The van der Waals surface area contributed by atoms with Crippen molar-refractivity contribution in [1.29, 1.82) is 0 Å². The number of halogens is 1. The second-order valence-electron chi connectivity index (χ2n) is 4.13. The van der Waals surface area contributed by atoms with E-state index in [9.17, 15) is 9.18 Å². The Kier molecular flexibility index (Phi) is 3.18. The van der Waals surface area contributed by atoms with Crippen molar-refractivity contribution in [2.24, 2.45) is 10.7 Å². The van der Waals surface area contributed by atoms with Crippen molar-refractivity contribution < 1.29 is 14.3 Å². The van der Waals surface area contributed by atoms with Gasteiger partial charge >= 0.3 is 6.03 Å². The SMILES string of the molecule is CCCN1C(=O)N=C(N)C1c1ccc(O)c(F)c1. The number of hydrogen-bond acceptors (Lipinski definition) is 3. The predicted octanol–water partition coefficient (Wildman–Crippen LogP) is 1.78. The number of amides is 2. The van der Waals surface area contributed by atoms with Crippen LogP contribution in [-0.4, -0.2) is 28.4 Å². The number of urea groups is 1. The first kappa shape index (κ1) is 12.3. The molecule has 96 valence electrons. The highest BCUT2D eigenvalue weighted by Crippen LogP contribution is 2.29. The summed E-state index contributed by atoms with van der Waals surface area (Å²) in [5.74, 6) is -1.02. The van der Waals surface area contributed by atoms with E-state index < -0.39 is 23.6 Å². The molecule has 18 heavy (non-hydrogen) atoms. The largest absolute Gasteiger partial charge is 0.505 e. The monoisotopic (exact) mass is 251 g/mol. The van der Waals surface area contributed by atoms with Crippen LogP contribution in [-0.2, 0) is 0 Å². The molecule has 0 fully saturated rings. The molecule has 1 aromatic carbocycles. The molecule has 1 aliphatic rings. The maximum atomic E-state index is 13.3. The van der Waals surface area contributed by atoms with Gasteiger partial charge in [-0.05, 0) is 24.1 Å². The standard InChI is InChI=1S/C12H14FN3O2/c1-2-5-16-10(11(14)15-12(16)18)7-3-4-9(17)8(13)6-7/h3-4,6,10,17H,2,5H2,1H3,(H2,14,15,18). The molecule has 2 rings (SSSR count). The van der Waals surface area contributed by atoms with Gasteiger partial charge in [-0.1, -0.05) is 13.0 Å². The van der Waals surface area contributed by atoms with Gasteiger partial charge in [0.1, 0.15) is 11.9 Å². The van der Waals surface area contributed by atoms with E-state index in [1.165, 1.54) is 23.1 Å². The highest BCUT2D eigenvalue weighted by atomic mass is 19.1. The molecular formula is C12H14FN3O2. The Hall–Kier alpha value is -2.11. The van der Waals surface area contributed by atoms with E-state index in [4.69, 9.17) is 10.8 Å². The summed E-state index contributed by atoms with van der Waals surface area (Å²) < 4.78 is 13.3. The Bertz CT molecular complexity index is 516. The van der Waals surface area contributed by atoms with E-state index in [1.54, 1.807) is 0 Å². The maximum Gasteiger partial charge on any atom is 0.346 e. The number of rotatable bonds is 3. The molecule has 0 bridgehead atoms. The van der Waals surface area contributed by atoms with Crippen LogP contribution in [0.15, 0.2) is 23.2 Å². The fraction of sp³-hybridized carbons (Fsp3) is 0.333. The van der Waals surface area contributed by atoms with Crippen molar-refractivity contribution in [2.75, 3.05) is 6.54 Å². The van der Waals surface area contributed by atoms with Gasteiger partial charge in [0.2, 0.25) is 0 Å². The molecule has 1 aromatic rings. The normalized spacial score (nSPS) is 19.2.